The fourth-order valence-electron chi connectivity index (χ4n) is 4.85. The first-order valence-corrected chi connectivity index (χ1v) is 12.2. The van der Waals surface area contributed by atoms with Crippen molar-refractivity contribution in [3.05, 3.63) is 45.1 Å². The molecule has 1 saturated heterocycles. The number of aryl methyl sites for hydroxylation is 2. The molecule has 0 amide bonds. The van der Waals surface area contributed by atoms with Crippen molar-refractivity contribution in [1.82, 2.24) is 9.55 Å². The molecular formula is C24H30N4O2S. The Morgan fingerprint density at radius 3 is 2.45 bits per heavy atom. The molecule has 2 aromatic heterocycles. The van der Waals surface area contributed by atoms with Gasteiger partial charge in [0, 0.05) is 43.3 Å². The molecule has 0 bridgehead atoms. The summed E-state index contributed by atoms with van der Waals surface area (Å²) in [6, 6.07) is 8.24. The van der Waals surface area contributed by atoms with Gasteiger partial charge in [0.15, 0.2) is 0 Å². The van der Waals surface area contributed by atoms with E-state index >= 15 is 0 Å². The highest BCUT2D eigenvalue weighted by atomic mass is 32.1. The number of piperazine rings is 1. The number of hydrogen-bond donors (Lipinski definition) is 0. The molecule has 31 heavy (non-hydrogen) atoms. The van der Waals surface area contributed by atoms with Gasteiger partial charge in [0.1, 0.15) is 10.6 Å². The van der Waals surface area contributed by atoms with Gasteiger partial charge >= 0.3 is 0 Å². The van der Waals surface area contributed by atoms with Gasteiger partial charge in [-0.2, -0.15) is 0 Å². The van der Waals surface area contributed by atoms with Gasteiger partial charge in [0.05, 0.1) is 12.5 Å². The SMILES string of the molecule is CCCn1c(N2CCN(c3ccc(OC)cc3)CC2)nc2sc3c(c2c1=O)CCCC3. The Labute approximate surface area is 187 Å². The van der Waals surface area contributed by atoms with Crippen LogP contribution in [0, 0.1) is 0 Å². The van der Waals surface area contributed by atoms with Crippen LogP contribution in [0.2, 0.25) is 0 Å². The van der Waals surface area contributed by atoms with Crippen LogP contribution in [0.3, 0.4) is 0 Å². The summed E-state index contributed by atoms with van der Waals surface area (Å²) < 4.78 is 7.22. The first kappa shape index (κ1) is 20.4. The third kappa shape index (κ3) is 3.69. The highest BCUT2D eigenvalue weighted by Gasteiger charge is 2.26. The molecule has 0 unspecified atom stereocenters. The molecule has 1 aliphatic carbocycles. The topological polar surface area (TPSA) is 50.6 Å². The maximum Gasteiger partial charge on any atom is 0.263 e. The molecule has 0 saturated carbocycles. The van der Waals surface area contributed by atoms with Gasteiger partial charge in [0.25, 0.3) is 5.56 Å². The van der Waals surface area contributed by atoms with Crippen LogP contribution in [0.5, 0.6) is 5.75 Å². The van der Waals surface area contributed by atoms with Crippen molar-refractivity contribution < 1.29 is 4.74 Å². The molecule has 0 atom stereocenters. The Kier molecular flexibility index (Phi) is 5.61. The molecule has 5 rings (SSSR count). The van der Waals surface area contributed by atoms with Gasteiger partial charge in [-0.05, 0) is 61.9 Å². The van der Waals surface area contributed by atoms with Gasteiger partial charge in [0.2, 0.25) is 5.95 Å². The average Bonchev–Trinajstić information content (AvgIpc) is 3.20. The lowest BCUT2D eigenvalue weighted by Crippen LogP contribution is -2.48. The minimum atomic E-state index is 0.166. The van der Waals surface area contributed by atoms with Crippen LogP contribution >= 0.6 is 11.3 Å². The smallest absolute Gasteiger partial charge is 0.263 e. The molecule has 0 N–H and O–H groups in total. The minimum absolute atomic E-state index is 0.166. The van der Waals surface area contributed by atoms with Gasteiger partial charge < -0.3 is 14.5 Å². The lowest BCUT2D eigenvalue weighted by atomic mass is 9.97. The van der Waals surface area contributed by atoms with Crippen LogP contribution < -0.4 is 20.1 Å². The Balaban J connectivity index is 1.44. The number of benzene rings is 1. The number of thiophene rings is 1. The van der Waals surface area contributed by atoms with Crippen LogP contribution in [-0.2, 0) is 19.4 Å². The van der Waals surface area contributed by atoms with E-state index in [0.29, 0.717) is 0 Å². The van der Waals surface area contributed by atoms with Crippen molar-refractivity contribution in [3.8, 4) is 5.75 Å². The molecule has 0 spiro atoms. The van der Waals surface area contributed by atoms with E-state index in [4.69, 9.17) is 9.72 Å². The monoisotopic (exact) mass is 438 g/mol. The summed E-state index contributed by atoms with van der Waals surface area (Å²) in [5.41, 5.74) is 2.66. The molecular weight excluding hydrogens is 408 g/mol. The lowest BCUT2D eigenvalue weighted by molar-refractivity contribution is 0.415. The third-order valence-electron chi connectivity index (χ3n) is 6.50. The fraction of sp³-hybridized carbons (Fsp3) is 0.500. The van der Waals surface area contributed by atoms with Crippen LogP contribution in [0.25, 0.3) is 10.2 Å². The number of aromatic nitrogens is 2. The molecule has 1 aliphatic heterocycles. The van der Waals surface area contributed by atoms with Crippen molar-refractivity contribution in [1.29, 1.82) is 0 Å². The zero-order valence-electron chi connectivity index (χ0n) is 18.4. The first-order chi connectivity index (χ1) is 15.2. The maximum absolute atomic E-state index is 13.5. The van der Waals surface area contributed by atoms with E-state index in [9.17, 15) is 4.79 Å². The molecule has 6 nitrogen and oxygen atoms in total. The van der Waals surface area contributed by atoms with Crippen LogP contribution in [-0.4, -0.2) is 42.8 Å². The van der Waals surface area contributed by atoms with Gasteiger partial charge in [-0.25, -0.2) is 4.98 Å². The Bertz CT molecular complexity index is 1130. The van der Waals surface area contributed by atoms with E-state index in [1.165, 1.54) is 29.0 Å². The molecule has 2 aliphatic rings. The zero-order valence-corrected chi connectivity index (χ0v) is 19.2. The van der Waals surface area contributed by atoms with E-state index in [-0.39, 0.29) is 5.56 Å². The molecule has 1 aromatic carbocycles. The Hall–Kier alpha value is -2.54. The molecule has 3 heterocycles. The third-order valence-corrected chi connectivity index (χ3v) is 7.69. The Morgan fingerprint density at radius 1 is 1.03 bits per heavy atom. The van der Waals surface area contributed by atoms with Gasteiger partial charge in [-0.15, -0.1) is 11.3 Å². The van der Waals surface area contributed by atoms with Gasteiger partial charge in [-0.1, -0.05) is 6.92 Å². The summed E-state index contributed by atoms with van der Waals surface area (Å²) in [7, 11) is 1.69. The highest BCUT2D eigenvalue weighted by molar-refractivity contribution is 7.18. The van der Waals surface area contributed by atoms with Crippen molar-refractivity contribution in [3.63, 3.8) is 0 Å². The molecule has 0 radical (unpaired) electrons. The summed E-state index contributed by atoms with van der Waals surface area (Å²) in [5, 5.41) is 0.897. The minimum Gasteiger partial charge on any atom is -0.497 e. The number of methoxy groups -OCH3 is 1. The summed E-state index contributed by atoms with van der Waals surface area (Å²) in [5.74, 6) is 1.73. The summed E-state index contributed by atoms with van der Waals surface area (Å²) >= 11 is 1.75. The first-order valence-electron chi connectivity index (χ1n) is 11.4. The van der Waals surface area contributed by atoms with Gasteiger partial charge in [-0.3, -0.25) is 9.36 Å². The summed E-state index contributed by atoms with van der Waals surface area (Å²) in [6.07, 6.45) is 5.46. The number of hydrogen-bond acceptors (Lipinski definition) is 6. The number of anilines is 2. The predicted molar refractivity (Wildman–Crippen MR) is 128 cm³/mol. The molecule has 164 valence electrons. The second-order valence-electron chi connectivity index (χ2n) is 8.43. The largest absolute Gasteiger partial charge is 0.497 e. The zero-order chi connectivity index (χ0) is 21.4. The summed E-state index contributed by atoms with van der Waals surface area (Å²) in [6.45, 7) is 6.39. The number of nitrogens with zero attached hydrogens (tertiary/aromatic N) is 4. The normalized spacial score (nSPS) is 16.6. The van der Waals surface area contributed by atoms with Crippen molar-refractivity contribution in [2.24, 2.45) is 0 Å². The second kappa shape index (κ2) is 8.54. The van der Waals surface area contributed by atoms with Crippen molar-refractivity contribution in [2.45, 2.75) is 45.6 Å². The average molecular weight is 439 g/mol. The summed E-state index contributed by atoms with van der Waals surface area (Å²) in [4.78, 5) is 25.6. The van der Waals surface area contributed by atoms with E-state index in [2.05, 4.69) is 28.9 Å². The predicted octanol–water partition coefficient (Wildman–Crippen LogP) is 4.08. The van der Waals surface area contributed by atoms with E-state index < -0.39 is 0 Å². The van der Waals surface area contributed by atoms with E-state index in [0.717, 1.165) is 73.9 Å². The lowest BCUT2D eigenvalue weighted by Gasteiger charge is -2.37. The van der Waals surface area contributed by atoms with Crippen molar-refractivity contribution >= 4 is 33.2 Å². The molecule has 1 fully saturated rings. The number of rotatable bonds is 5. The van der Waals surface area contributed by atoms with Crippen LogP contribution in [0.4, 0.5) is 11.6 Å². The van der Waals surface area contributed by atoms with Crippen LogP contribution in [0.1, 0.15) is 36.6 Å². The standard InChI is InChI=1S/C24H30N4O2S/c1-3-12-28-23(29)21-19-6-4-5-7-20(19)31-22(21)25-24(28)27-15-13-26(14-16-27)17-8-10-18(30-2)11-9-17/h8-11H,3-7,12-16H2,1-2H3. The van der Waals surface area contributed by atoms with Crippen molar-refractivity contribution in [2.75, 3.05) is 43.1 Å². The fourth-order valence-corrected chi connectivity index (χ4v) is 6.10. The van der Waals surface area contributed by atoms with E-state index in [1.807, 2.05) is 16.7 Å². The number of fused-ring (bicyclic) bond motifs is 3. The quantitative estimate of drug-likeness (QED) is 0.601. The second-order valence-corrected chi connectivity index (χ2v) is 9.52. The molecule has 3 aromatic rings. The maximum atomic E-state index is 13.5. The molecule has 7 heteroatoms. The number of ether oxygens (including phenoxy) is 1. The Morgan fingerprint density at radius 2 is 1.74 bits per heavy atom. The van der Waals surface area contributed by atoms with Crippen LogP contribution in [0.15, 0.2) is 29.1 Å². The highest BCUT2D eigenvalue weighted by Crippen LogP contribution is 2.35. The van der Waals surface area contributed by atoms with E-state index in [1.54, 1.807) is 18.4 Å².